The molecule has 3 rings (SSSR count). The summed E-state index contributed by atoms with van der Waals surface area (Å²) in [5.74, 6) is 0.743. The Labute approximate surface area is 118 Å². The van der Waals surface area contributed by atoms with E-state index in [9.17, 15) is 4.79 Å². The van der Waals surface area contributed by atoms with Gasteiger partial charge in [-0.25, -0.2) is 0 Å². The lowest BCUT2D eigenvalue weighted by atomic mass is 10.1. The first-order chi connectivity index (χ1) is 9.11. The van der Waals surface area contributed by atoms with Crippen LogP contribution in [-0.2, 0) is 0 Å². The van der Waals surface area contributed by atoms with E-state index in [1.54, 1.807) is 18.6 Å². The third-order valence-electron chi connectivity index (χ3n) is 3.25. The van der Waals surface area contributed by atoms with Gasteiger partial charge in [0, 0.05) is 28.2 Å². The summed E-state index contributed by atoms with van der Waals surface area (Å²) in [6, 6.07) is 11.7. The van der Waals surface area contributed by atoms with Crippen molar-refractivity contribution in [3.05, 3.63) is 40.9 Å². The molecule has 96 valence electrons. The molecular formula is C15H12BrNO2. The van der Waals surface area contributed by atoms with Crippen molar-refractivity contribution in [3.8, 4) is 5.75 Å². The summed E-state index contributed by atoms with van der Waals surface area (Å²) in [4.78, 5) is 11.9. The fraction of sp³-hybridized carbons (Fsp3) is 0.133. The quantitative estimate of drug-likeness (QED) is 0.672. The molecule has 2 aromatic carbocycles. The molecule has 0 aliphatic rings. The van der Waals surface area contributed by atoms with Gasteiger partial charge in [0.05, 0.1) is 18.1 Å². The van der Waals surface area contributed by atoms with E-state index in [-0.39, 0.29) is 5.91 Å². The lowest BCUT2D eigenvalue weighted by molar-refractivity contribution is 0.0946. The highest BCUT2D eigenvalue weighted by Crippen LogP contribution is 2.33. The van der Waals surface area contributed by atoms with E-state index in [2.05, 4.69) is 15.9 Å². The van der Waals surface area contributed by atoms with Crippen LogP contribution in [0.5, 0.6) is 5.75 Å². The predicted molar refractivity (Wildman–Crippen MR) is 80.0 cm³/mol. The van der Waals surface area contributed by atoms with Crippen LogP contribution in [0.4, 0.5) is 0 Å². The van der Waals surface area contributed by atoms with Crippen molar-refractivity contribution in [1.82, 2.24) is 4.57 Å². The van der Waals surface area contributed by atoms with Crippen molar-refractivity contribution in [1.29, 1.82) is 0 Å². The smallest absolute Gasteiger partial charge is 0.228 e. The molecular weight excluding hydrogens is 306 g/mol. The number of halogens is 1. The number of ether oxygens (including phenoxy) is 1. The van der Waals surface area contributed by atoms with Gasteiger partial charge in [0.15, 0.2) is 0 Å². The number of aromatic nitrogens is 1. The monoisotopic (exact) mass is 317 g/mol. The molecule has 0 bridgehead atoms. The standard InChI is InChI=1S/C15H12BrNO2/c1-9(18)17-14-6-3-10(16)7-13(14)12-5-4-11(19-2)8-15(12)17/h3-8H,1-2H3. The Morgan fingerprint density at radius 2 is 1.89 bits per heavy atom. The number of carbonyl (C=O) groups excluding carboxylic acids is 1. The molecule has 0 spiro atoms. The van der Waals surface area contributed by atoms with Crippen LogP contribution >= 0.6 is 15.9 Å². The first-order valence-corrected chi connectivity index (χ1v) is 6.70. The van der Waals surface area contributed by atoms with Gasteiger partial charge in [0.1, 0.15) is 5.75 Å². The highest BCUT2D eigenvalue weighted by Gasteiger charge is 2.14. The molecule has 0 fully saturated rings. The minimum absolute atomic E-state index is 0.00410. The van der Waals surface area contributed by atoms with Crippen LogP contribution in [0.3, 0.4) is 0 Å². The minimum atomic E-state index is -0.00410. The van der Waals surface area contributed by atoms with Crippen molar-refractivity contribution in [3.63, 3.8) is 0 Å². The number of fused-ring (bicyclic) bond motifs is 3. The van der Waals surface area contributed by atoms with E-state index in [1.807, 2.05) is 36.4 Å². The van der Waals surface area contributed by atoms with E-state index in [4.69, 9.17) is 4.74 Å². The van der Waals surface area contributed by atoms with Crippen molar-refractivity contribution >= 4 is 43.6 Å². The lowest BCUT2D eigenvalue weighted by Crippen LogP contribution is -2.04. The number of benzene rings is 2. The predicted octanol–water partition coefficient (Wildman–Crippen LogP) is 4.23. The molecule has 0 amide bonds. The molecule has 3 aromatic rings. The fourth-order valence-electron chi connectivity index (χ4n) is 2.44. The van der Waals surface area contributed by atoms with Gasteiger partial charge < -0.3 is 4.74 Å². The van der Waals surface area contributed by atoms with E-state index in [1.165, 1.54) is 0 Å². The van der Waals surface area contributed by atoms with Crippen molar-refractivity contribution < 1.29 is 9.53 Å². The maximum atomic E-state index is 11.9. The van der Waals surface area contributed by atoms with Crippen LogP contribution < -0.4 is 4.74 Å². The third-order valence-corrected chi connectivity index (χ3v) is 3.74. The number of rotatable bonds is 1. The molecule has 0 aliphatic carbocycles. The molecule has 0 unspecified atom stereocenters. The Morgan fingerprint density at radius 3 is 2.58 bits per heavy atom. The van der Waals surface area contributed by atoms with Gasteiger partial charge >= 0.3 is 0 Å². The van der Waals surface area contributed by atoms with Gasteiger partial charge in [-0.05, 0) is 30.3 Å². The minimum Gasteiger partial charge on any atom is -0.497 e. The molecule has 0 aliphatic heterocycles. The molecule has 1 heterocycles. The summed E-state index contributed by atoms with van der Waals surface area (Å²) < 4.78 is 7.96. The van der Waals surface area contributed by atoms with Crippen LogP contribution in [0, 0.1) is 0 Å². The van der Waals surface area contributed by atoms with Crippen LogP contribution in [0.25, 0.3) is 21.8 Å². The molecule has 0 N–H and O–H groups in total. The molecule has 0 saturated heterocycles. The van der Waals surface area contributed by atoms with E-state index in [0.29, 0.717) is 0 Å². The molecule has 1 aromatic heterocycles. The average Bonchev–Trinajstić information content (AvgIpc) is 2.71. The van der Waals surface area contributed by atoms with Gasteiger partial charge in [-0.1, -0.05) is 15.9 Å². The molecule has 0 saturated carbocycles. The number of methoxy groups -OCH3 is 1. The van der Waals surface area contributed by atoms with E-state index < -0.39 is 0 Å². The van der Waals surface area contributed by atoms with Crippen molar-refractivity contribution in [2.24, 2.45) is 0 Å². The first kappa shape index (κ1) is 12.2. The normalized spacial score (nSPS) is 11.1. The second-order valence-electron chi connectivity index (χ2n) is 4.40. The van der Waals surface area contributed by atoms with Gasteiger partial charge in [0.25, 0.3) is 0 Å². The Hall–Kier alpha value is -1.81. The van der Waals surface area contributed by atoms with Crippen LogP contribution in [0.15, 0.2) is 40.9 Å². The molecule has 4 heteroatoms. The van der Waals surface area contributed by atoms with E-state index >= 15 is 0 Å². The molecule has 0 radical (unpaired) electrons. The van der Waals surface area contributed by atoms with Gasteiger partial charge in [-0.2, -0.15) is 0 Å². The summed E-state index contributed by atoms with van der Waals surface area (Å²) in [6.07, 6.45) is 0. The van der Waals surface area contributed by atoms with Gasteiger partial charge in [-0.15, -0.1) is 0 Å². The van der Waals surface area contributed by atoms with Crippen molar-refractivity contribution in [2.75, 3.05) is 7.11 Å². The topological polar surface area (TPSA) is 31.2 Å². The fourth-order valence-corrected chi connectivity index (χ4v) is 2.80. The zero-order valence-corrected chi connectivity index (χ0v) is 12.2. The Kier molecular flexibility index (Phi) is 2.82. The lowest BCUT2D eigenvalue weighted by Gasteiger charge is -2.03. The van der Waals surface area contributed by atoms with Crippen LogP contribution in [-0.4, -0.2) is 17.6 Å². The number of hydrogen-bond acceptors (Lipinski definition) is 2. The summed E-state index contributed by atoms with van der Waals surface area (Å²) in [6.45, 7) is 1.57. The van der Waals surface area contributed by atoms with Gasteiger partial charge in [-0.3, -0.25) is 9.36 Å². The summed E-state index contributed by atoms with van der Waals surface area (Å²) in [5, 5.41) is 2.11. The Balaban J connectivity index is 2.53. The molecule has 19 heavy (non-hydrogen) atoms. The van der Waals surface area contributed by atoms with Crippen LogP contribution in [0.2, 0.25) is 0 Å². The summed E-state index contributed by atoms with van der Waals surface area (Å²) in [5.41, 5.74) is 1.79. The number of nitrogens with zero attached hydrogens (tertiary/aromatic N) is 1. The zero-order chi connectivity index (χ0) is 13.6. The Bertz CT molecular complexity index is 805. The summed E-state index contributed by atoms with van der Waals surface area (Å²) >= 11 is 3.47. The highest BCUT2D eigenvalue weighted by molar-refractivity contribution is 9.10. The second kappa shape index (κ2) is 4.38. The number of carbonyl (C=O) groups is 1. The van der Waals surface area contributed by atoms with Gasteiger partial charge in [0.2, 0.25) is 5.91 Å². The van der Waals surface area contributed by atoms with Crippen LogP contribution in [0.1, 0.15) is 11.7 Å². The summed E-state index contributed by atoms with van der Waals surface area (Å²) in [7, 11) is 1.62. The molecule has 0 atom stereocenters. The zero-order valence-electron chi connectivity index (χ0n) is 10.6. The average molecular weight is 318 g/mol. The SMILES string of the molecule is COc1ccc2c3cc(Br)ccc3n(C(C)=O)c2c1. The highest BCUT2D eigenvalue weighted by atomic mass is 79.9. The maximum absolute atomic E-state index is 11.9. The molecule has 3 nitrogen and oxygen atoms in total. The number of hydrogen-bond donors (Lipinski definition) is 0. The van der Waals surface area contributed by atoms with Crippen molar-refractivity contribution in [2.45, 2.75) is 6.92 Å². The first-order valence-electron chi connectivity index (χ1n) is 5.90. The Morgan fingerprint density at radius 1 is 1.11 bits per heavy atom. The largest absolute Gasteiger partial charge is 0.497 e. The van der Waals surface area contributed by atoms with E-state index in [0.717, 1.165) is 32.0 Å². The second-order valence-corrected chi connectivity index (χ2v) is 5.31. The third kappa shape index (κ3) is 1.83. The maximum Gasteiger partial charge on any atom is 0.228 e.